The lowest BCUT2D eigenvalue weighted by atomic mass is 10.2. The summed E-state index contributed by atoms with van der Waals surface area (Å²) in [5.74, 6) is -2.32. The van der Waals surface area contributed by atoms with E-state index in [4.69, 9.17) is 0 Å². The summed E-state index contributed by atoms with van der Waals surface area (Å²) in [6.45, 7) is 0. The SMILES string of the molecule is O=S(=O)(Nc1ccc2cn[nH]c2c1)c1ccc(F)c(F)c1. The fourth-order valence-corrected chi connectivity index (χ4v) is 2.92. The highest BCUT2D eigenvalue weighted by molar-refractivity contribution is 7.92. The van der Waals surface area contributed by atoms with Crippen molar-refractivity contribution in [1.29, 1.82) is 0 Å². The van der Waals surface area contributed by atoms with Crippen molar-refractivity contribution in [2.45, 2.75) is 4.90 Å². The van der Waals surface area contributed by atoms with Crippen LogP contribution in [0.15, 0.2) is 47.5 Å². The Kier molecular flexibility index (Phi) is 3.09. The van der Waals surface area contributed by atoms with Crippen LogP contribution in [0.25, 0.3) is 10.9 Å². The molecule has 0 saturated heterocycles. The van der Waals surface area contributed by atoms with Gasteiger partial charge in [-0.2, -0.15) is 5.10 Å². The van der Waals surface area contributed by atoms with Gasteiger partial charge in [0, 0.05) is 5.39 Å². The molecule has 0 saturated carbocycles. The van der Waals surface area contributed by atoms with Crippen LogP contribution in [0.5, 0.6) is 0 Å². The van der Waals surface area contributed by atoms with Gasteiger partial charge in [0.15, 0.2) is 11.6 Å². The molecule has 5 nitrogen and oxygen atoms in total. The highest BCUT2D eigenvalue weighted by atomic mass is 32.2. The van der Waals surface area contributed by atoms with E-state index in [0.29, 0.717) is 11.6 Å². The van der Waals surface area contributed by atoms with Crippen molar-refractivity contribution in [2.75, 3.05) is 4.72 Å². The van der Waals surface area contributed by atoms with E-state index < -0.39 is 21.7 Å². The Hall–Kier alpha value is -2.48. The van der Waals surface area contributed by atoms with Crippen LogP contribution < -0.4 is 4.72 Å². The average molecular weight is 309 g/mol. The molecule has 0 unspecified atom stereocenters. The van der Waals surface area contributed by atoms with Crippen molar-refractivity contribution in [3.63, 3.8) is 0 Å². The fourth-order valence-electron chi connectivity index (χ4n) is 1.86. The Bertz CT molecular complexity index is 922. The van der Waals surface area contributed by atoms with Crippen LogP contribution in [0.4, 0.5) is 14.5 Å². The Morgan fingerprint density at radius 3 is 2.62 bits per heavy atom. The number of nitrogens with one attached hydrogen (secondary N) is 2. The number of halogens is 2. The molecule has 1 aromatic heterocycles. The molecule has 0 spiro atoms. The molecule has 0 aliphatic heterocycles. The maximum absolute atomic E-state index is 13.1. The first kappa shape index (κ1) is 13.5. The van der Waals surface area contributed by atoms with E-state index >= 15 is 0 Å². The molecule has 3 rings (SSSR count). The summed E-state index contributed by atoms with van der Waals surface area (Å²) in [5.41, 5.74) is 0.942. The molecular formula is C13H9F2N3O2S. The highest BCUT2D eigenvalue weighted by Gasteiger charge is 2.16. The molecule has 0 radical (unpaired) electrons. The zero-order valence-electron chi connectivity index (χ0n) is 10.5. The zero-order chi connectivity index (χ0) is 15.0. The smallest absolute Gasteiger partial charge is 0.262 e. The molecule has 8 heteroatoms. The van der Waals surface area contributed by atoms with E-state index in [2.05, 4.69) is 14.9 Å². The van der Waals surface area contributed by atoms with Gasteiger partial charge in [-0.25, -0.2) is 17.2 Å². The number of rotatable bonds is 3. The summed E-state index contributed by atoms with van der Waals surface area (Å²) in [6, 6.07) is 7.18. The lowest BCUT2D eigenvalue weighted by Gasteiger charge is -2.08. The van der Waals surface area contributed by atoms with E-state index in [9.17, 15) is 17.2 Å². The van der Waals surface area contributed by atoms with Gasteiger partial charge in [0.25, 0.3) is 10.0 Å². The Morgan fingerprint density at radius 1 is 1.05 bits per heavy atom. The van der Waals surface area contributed by atoms with Crippen molar-refractivity contribution < 1.29 is 17.2 Å². The fraction of sp³-hybridized carbons (Fsp3) is 0. The number of nitrogens with zero attached hydrogens (tertiary/aromatic N) is 1. The first-order valence-electron chi connectivity index (χ1n) is 5.87. The summed E-state index contributed by atoms with van der Waals surface area (Å²) in [4.78, 5) is -0.355. The lowest BCUT2D eigenvalue weighted by Crippen LogP contribution is -2.13. The first-order chi connectivity index (χ1) is 9.95. The number of aromatic amines is 1. The van der Waals surface area contributed by atoms with Gasteiger partial charge in [-0.1, -0.05) is 0 Å². The number of benzene rings is 2. The predicted octanol–water partition coefficient (Wildman–Crippen LogP) is 2.64. The quantitative estimate of drug-likeness (QED) is 0.781. The third kappa shape index (κ3) is 2.57. The van der Waals surface area contributed by atoms with Gasteiger partial charge in [-0.15, -0.1) is 0 Å². The van der Waals surface area contributed by atoms with Gasteiger partial charge < -0.3 is 0 Å². The van der Waals surface area contributed by atoms with E-state index in [0.717, 1.165) is 17.5 Å². The molecule has 0 bridgehead atoms. The molecule has 108 valence electrons. The molecule has 0 amide bonds. The van der Waals surface area contributed by atoms with Crippen molar-refractivity contribution in [2.24, 2.45) is 0 Å². The summed E-state index contributed by atoms with van der Waals surface area (Å²) in [6.07, 6.45) is 1.60. The van der Waals surface area contributed by atoms with Gasteiger partial charge in [-0.05, 0) is 36.4 Å². The molecule has 0 fully saturated rings. The molecule has 2 aromatic carbocycles. The maximum atomic E-state index is 13.1. The lowest BCUT2D eigenvalue weighted by molar-refractivity contribution is 0.504. The van der Waals surface area contributed by atoms with Gasteiger partial charge in [0.05, 0.1) is 22.3 Å². The number of H-pyrrole nitrogens is 1. The number of hydrogen-bond acceptors (Lipinski definition) is 3. The topological polar surface area (TPSA) is 74.8 Å². The van der Waals surface area contributed by atoms with Crippen LogP contribution in [0.3, 0.4) is 0 Å². The number of aromatic nitrogens is 2. The van der Waals surface area contributed by atoms with Crippen molar-refractivity contribution >= 4 is 26.6 Å². The van der Waals surface area contributed by atoms with E-state index in [1.165, 1.54) is 0 Å². The van der Waals surface area contributed by atoms with E-state index in [1.54, 1.807) is 24.4 Å². The van der Waals surface area contributed by atoms with Crippen molar-refractivity contribution in [3.05, 3.63) is 54.2 Å². The second-order valence-electron chi connectivity index (χ2n) is 4.35. The molecule has 2 N–H and O–H groups in total. The van der Waals surface area contributed by atoms with Gasteiger partial charge in [0.2, 0.25) is 0 Å². The molecule has 0 aliphatic carbocycles. The Labute approximate surface area is 118 Å². The van der Waals surface area contributed by atoms with Crippen LogP contribution in [0.1, 0.15) is 0 Å². The average Bonchev–Trinajstić information content (AvgIpc) is 2.88. The van der Waals surface area contributed by atoms with Crippen LogP contribution >= 0.6 is 0 Å². The normalized spacial score (nSPS) is 11.7. The minimum absolute atomic E-state index is 0.288. The van der Waals surface area contributed by atoms with Crippen LogP contribution in [-0.2, 0) is 10.0 Å². The third-order valence-electron chi connectivity index (χ3n) is 2.90. The van der Waals surface area contributed by atoms with Crippen molar-refractivity contribution in [3.8, 4) is 0 Å². The summed E-state index contributed by atoms with van der Waals surface area (Å²) in [5, 5.41) is 7.36. The monoisotopic (exact) mass is 309 g/mol. The molecular weight excluding hydrogens is 300 g/mol. The second kappa shape index (κ2) is 4.81. The third-order valence-corrected chi connectivity index (χ3v) is 4.27. The largest absolute Gasteiger partial charge is 0.280 e. The first-order valence-corrected chi connectivity index (χ1v) is 7.35. The summed E-state index contributed by atoms with van der Waals surface area (Å²) in [7, 11) is -4.00. The highest BCUT2D eigenvalue weighted by Crippen LogP contribution is 2.21. The molecule has 0 aliphatic rings. The van der Waals surface area contributed by atoms with Gasteiger partial charge in [0.1, 0.15) is 0 Å². The van der Waals surface area contributed by atoms with Crippen molar-refractivity contribution in [1.82, 2.24) is 10.2 Å². The van der Waals surface area contributed by atoms with Crippen LogP contribution in [0, 0.1) is 11.6 Å². The van der Waals surface area contributed by atoms with E-state index in [-0.39, 0.29) is 10.6 Å². The molecule has 21 heavy (non-hydrogen) atoms. The second-order valence-corrected chi connectivity index (χ2v) is 6.04. The summed E-state index contributed by atoms with van der Waals surface area (Å²) < 4.78 is 52.5. The minimum atomic E-state index is -4.00. The number of hydrogen-bond donors (Lipinski definition) is 2. The molecule has 0 atom stereocenters. The standard InChI is InChI=1S/C13H9F2N3O2S/c14-11-4-3-10(6-12(11)15)21(19,20)18-9-2-1-8-7-16-17-13(8)5-9/h1-7,18H,(H,16,17). The molecule has 3 aromatic rings. The maximum Gasteiger partial charge on any atom is 0.262 e. The summed E-state index contributed by atoms with van der Waals surface area (Å²) >= 11 is 0. The van der Waals surface area contributed by atoms with Crippen LogP contribution in [-0.4, -0.2) is 18.6 Å². The Balaban J connectivity index is 1.96. The van der Waals surface area contributed by atoms with Gasteiger partial charge in [-0.3, -0.25) is 9.82 Å². The Morgan fingerprint density at radius 2 is 1.86 bits per heavy atom. The van der Waals surface area contributed by atoms with Crippen LogP contribution in [0.2, 0.25) is 0 Å². The number of sulfonamides is 1. The number of anilines is 1. The van der Waals surface area contributed by atoms with E-state index in [1.807, 2.05) is 0 Å². The van der Waals surface area contributed by atoms with Gasteiger partial charge >= 0.3 is 0 Å². The minimum Gasteiger partial charge on any atom is -0.280 e. The zero-order valence-corrected chi connectivity index (χ0v) is 11.3. The molecule has 1 heterocycles. The number of fused-ring (bicyclic) bond motifs is 1. The predicted molar refractivity (Wildman–Crippen MR) is 73.3 cm³/mol.